The minimum absolute atomic E-state index is 0.0194. The highest BCUT2D eigenvalue weighted by Crippen LogP contribution is 2.20. The number of carbonyl (C=O) groups is 2. The van der Waals surface area contributed by atoms with Crippen molar-refractivity contribution in [2.24, 2.45) is 0 Å². The van der Waals surface area contributed by atoms with Gasteiger partial charge in [0.25, 0.3) is 5.91 Å². The third kappa shape index (κ3) is 7.48. The van der Waals surface area contributed by atoms with Crippen LogP contribution in [-0.2, 0) is 22.6 Å². The van der Waals surface area contributed by atoms with E-state index in [0.29, 0.717) is 44.1 Å². The van der Waals surface area contributed by atoms with Crippen LogP contribution < -0.4 is 0 Å². The summed E-state index contributed by atoms with van der Waals surface area (Å²) in [6, 6.07) is 11.8. The highest BCUT2D eigenvalue weighted by atomic mass is 32.1. The molecule has 0 saturated heterocycles. The van der Waals surface area contributed by atoms with E-state index in [0.717, 1.165) is 16.0 Å². The molecule has 8 heteroatoms. The third-order valence-electron chi connectivity index (χ3n) is 5.21. The van der Waals surface area contributed by atoms with Crippen LogP contribution in [0.1, 0.15) is 39.0 Å². The summed E-state index contributed by atoms with van der Waals surface area (Å²) in [5.41, 5.74) is 1.96. The van der Waals surface area contributed by atoms with Gasteiger partial charge in [-0.3, -0.25) is 9.59 Å². The summed E-state index contributed by atoms with van der Waals surface area (Å²) in [5, 5.41) is 3.86. The monoisotopic (exact) mass is 488 g/mol. The molecule has 3 rings (SSSR count). The van der Waals surface area contributed by atoms with Crippen molar-refractivity contribution in [2.45, 2.75) is 33.4 Å². The number of thiophene rings is 2. The second-order valence-corrected chi connectivity index (χ2v) is 9.61. The molecule has 0 atom stereocenters. The van der Waals surface area contributed by atoms with E-state index >= 15 is 0 Å². The summed E-state index contributed by atoms with van der Waals surface area (Å²) >= 11 is 2.97. The molecule has 0 N–H and O–H groups in total. The molecule has 2 heterocycles. The van der Waals surface area contributed by atoms with Gasteiger partial charge in [0.2, 0.25) is 5.91 Å². The van der Waals surface area contributed by atoms with Gasteiger partial charge in [0, 0.05) is 31.2 Å². The van der Waals surface area contributed by atoms with Crippen molar-refractivity contribution in [3.8, 4) is 0 Å². The molecule has 1 aromatic carbocycles. The van der Waals surface area contributed by atoms with Crippen LogP contribution >= 0.6 is 22.7 Å². The second-order valence-electron chi connectivity index (χ2n) is 7.66. The Morgan fingerprint density at radius 3 is 2.42 bits per heavy atom. The Morgan fingerprint density at radius 2 is 1.79 bits per heavy atom. The fourth-order valence-electron chi connectivity index (χ4n) is 3.36. The number of aryl methyl sites for hydroxylation is 1. The maximum Gasteiger partial charge on any atom is 0.264 e. The molecule has 0 fully saturated rings. The van der Waals surface area contributed by atoms with E-state index < -0.39 is 0 Å². The summed E-state index contributed by atoms with van der Waals surface area (Å²) in [5.74, 6) is -0.606. The van der Waals surface area contributed by atoms with Gasteiger partial charge in [-0.2, -0.15) is 0 Å². The molecule has 0 aliphatic carbocycles. The first kappa shape index (κ1) is 25.1. The molecule has 33 heavy (non-hydrogen) atoms. The molecule has 2 aromatic heterocycles. The van der Waals surface area contributed by atoms with Gasteiger partial charge in [0.05, 0.1) is 11.4 Å². The van der Waals surface area contributed by atoms with E-state index in [4.69, 9.17) is 4.74 Å². The highest BCUT2D eigenvalue weighted by Gasteiger charge is 2.24. The lowest BCUT2D eigenvalue weighted by Gasteiger charge is -2.28. The van der Waals surface area contributed by atoms with Gasteiger partial charge in [0.15, 0.2) is 0 Å². The zero-order chi connectivity index (χ0) is 23.6. The number of halogens is 1. The Bertz CT molecular complexity index is 1020. The lowest BCUT2D eigenvalue weighted by atomic mass is 10.2. The van der Waals surface area contributed by atoms with Gasteiger partial charge in [-0.25, -0.2) is 4.39 Å². The van der Waals surface area contributed by atoms with E-state index in [1.807, 2.05) is 36.7 Å². The van der Waals surface area contributed by atoms with Crippen LogP contribution in [0.2, 0.25) is 0 Å². The largest absolute Gasteiger partial charge is 0.382 e. The van der Waals surface area contributed by atoms with Gasteiger partial charge < -0.3 is 14.5 Å². The van der Waals surface area contributed by atoms with E-state index in [1.54, 1.807) is 39.3 Å². The molecule has 0 spiro atoms. The first-order valence-corrected chi connectivity index (χ1v) is 12.7. The molecule has 0 aliphatic rings. The number of benzene rings is 1. The predicted molar refractivity (Wildman–Crippen MR) is 131 cm³/mol. The SMILES string of the molecule is CCOCCCN(CC(=O)N(Cc1ccc(F)cc1)Cc1sccc1C)C(=O)c1cccs1. The number of carbonyl (C=O) groups excluding carboxylic acids is 2. The number of hydrogen-bond donors (Lipinski definition) is 0. The molecule has 0 bridgehead atoms. The molecular weight excluding hydrogens is 459 g/mol. The third-order valence-corrected chi connectivity index (χ3v) is 7.07. The van der Waals surface area contributed by atoms with Crippen molar-refractivity contribution < 1.29 is 18.7 Å². The Hall–Kier alpha value is -2.55. The van der Waals surface area contributed by atoms with E-state index in [9.17, 15) is 14.0 Å². The van der Waals surface area contributed by atoms with Gasteiger partial charge in [-0.05, 0) is 66.4 Å². The molecule has 0 saturated carbocycles. The van der Waals surface area contributed by atoms with E-state index in [-0.39, 0.29) is 24.2 Å². The molecule has 5 nitrogen and oxygen atoms in total. The molecule has 0 unspecified atom stereocenters. The quantitative estimate of drug-likeness (QED) is 0.323. The van der Waals surface area contributed by atoms with Crippen molar-refractivity contribution in [3.63, 3.8) is 0 Å². The first-order valence-electron chi connectivity index (χ1n) is 10.9. The second kappa shape index (κ2) is 12.6. The number of ether oxygens (including phenoxy) is 1. The van der Waals surface area contributed by atoms with E-state index in [1.165, 1.54) is 23.5 Å². The Morgan fingerprint density at radius 1 is 1.00 bits per heavy atom. The lowest BCUT2D eigenvalue weighted by molar-refractivity contribution is -0.133. The predicted octanol–water partition coefficient (Wildman–Crippen LogP) is 5.35. The van der Waals surface area contributed by atoms with Crippen molar-refractivity contribution in [1.82, 2.24) is 9.80 Å². The maximum atomic E-state index is 13.5. The van der Waals surface area contributed by atoms with Crippen LogP contribution in [0.25, 0.3) is 0 Å². The molecule has 2 amide bonds. The first-order chi connectivity index (χ1) is 16.0. The van der Waals surface area contributed by atoms with Crippen LogP contribution in [-0.4, -0.2) is 47.9 Å². The van der Waals surface area contributed by atoms with Crippen LogP contribution in [0.3, 0.4) is 0 Å². The molecule has 3 aromatic rings. The summed E-state index contributed by atoms with van der Waals surface area (Å²) in [7, 11) is 0. The number of nitrogens with zero attached hydrogens (tertiary/aromatic N) is 2. The smallest absolute Gasteiger partial charge is 0.264 e. The molecule has 176 valence electrons. The van der Waals surface area contributed by atoms with Gasteiger partial charge in [0.1, 0.15) is 12.4 Å². The van der Waals surface area contributed by atoms with Crippen molar-refractivity contribution in [1.29, 1.82) is 0 Å². The minimum Gasteiger partial charge on any atom is -0.382 e. The fraction of sp³-hybridized carbons (Fsp3) is 0.360. The van der Waals surface area contributed by atoms with Crippen molar-refractivity contribution >= 4 is 34.5 Å². The average Bonchev–Trinajstić information content (AvgIpc) is 3.48. The van der Waals surface area contributed by atoms with Crippen LogP contribution in [0, 0.1) is 12.7 Å². The number of hydrogen-bond acceptors (Lipinski definition) is 5. The maximum absolute atomic E-state index is 13.5. The van der Waals surface area contributed by atoms with Crippen molar-refractivity contribution in [3.05, 3.63) is 79.9 Å². The normalized spacial score (nSPS) is 10.9. The summed E-state index contributed by atoms with van der Waals surface area (Å²) in [6.07, 6.45) is 0.653. The van der Waals surface area contributed by atoms with Gasteiger partial charge >= 0.3 is 0 Å². The fourth-order valence-corrected chi connectivity index (χ4v) is 4.97. The number of rotatable bonds is 12. The highest BCUT2D eigenvalue weighted by molar-refractivity contribution is 7.12. The molecular formula is C25H29FN2O3S2. The topological polar surface area (TPSA) is 49.9 Å². The van der Waals surface area contributed by atoms with Gasteiger partial charge in [-0.15, -0.1) is 22.7 Å². The van der Waals surface area contributed by atoms with E-state index in [2.05, 4.69) is 0 Å². The zero-order valence-corrected chi connectivity index (χ0v) is 20.6. The number of amides is 2. The lowest BCUT2D eigenvalue weighted by Crippen LogP contribution is -2.43. The Labute approximate surface area is 202 Å². The summed E-state index contributed by atoms with van der Waals surface area (Å²) in [6.45, 7) is 6.30. The van der Waals surface area contributed by atoms with Crippen LogP contribution in [0.15, 0.2) is 53.2 Å². The van der Waals surface area contributed by atoms with Crippen LogP contribution in [0.4, 0.5) is 4.39 Å². The van der Waals surface area contributed by atoms with Gasteiger partial charge in [-0.1, -0.05) is 18.2 Å². The Kier molecular flexibility index (Phi) is 9.60. The molecule has 0 radical (unpaired) electrons. The average molecular weight is 489 g/mol. The summed E-state index contributed by atoms with van der Waals surface area (Å²) < 4.78 is 18.8. The van der Waals surface area contributed by atoms with Crippen molar-refractivity contribution in [2.75, 3.05) is 26.3 Å². The zero-order valence-electron chi connectivity index (χ0n) is 19.0. The standard InChI is InChI=1S/C25H29FN2O3S2/c1-3-31-13-5-12-27(25(30)22-6-4-14-32-22)18-24(29)28(17-23-19(2)11-15-33-23)16-20-7-9-21(26)10-8-20/h4,6-11,14-15H,3,5,12-13,16-18H2,1-2H3. The molecule has 0 aliphatic heterocycles. The summed E-state index contributed by atoms with van der Waals surface area (Å²) in [4.78, 5) is 31.6. The van der Waals surface area contributed by atoms with Crippen LogP contribution in [0.5, 0.6) is 0 Å². The Balaban J connectivity index is 1.77. The minimum atomic E-state index is -0.312.